The maximum Gasteiger partial charge on any atom is 0.431 e. The fourth-order valence-corrected chi connectivity index (χ4v) is 2.78. The average molecular weight is 365 g/mol. The number of likely N-dealkylation sites (N-methyl/N-ethyl adjacent to an activating group) is 1. The fourth-order valence-electron chi connectivity index (χ4n) is 2.78. The van der Waals surface area contributed by atoms with Gasteiger partial charge in [0.1, 0.15) is 11.3 Å². The van der Waals surface area contributed by atoms with Crippen LogP contribution in [-0.4, -0.2) is 44.1 Å². The molecule has 6 nitrogen and oxygen atoms in total. The molecule has 3 aromatic rings. The smallest absolute Gasteiger partial charge is 0.345 e. The Morgan fingerprint density at radius 1 is 1.38 bits per heavy atom. The lowest BCUT2D eigenvalue weighted by molar-refractivity contribution is -0.144. The molecule has 0 spiro atoms. The maximum atomic E-state index is 13.3. The topological polar surface area (TPSA) is 66.8 Å². The van der Waals surface area contributed by atoms with E-state index in [1.807, 2.05) is 0 Å². The van der Waals surface area contributed by atoms with E-state index in [9.17, 15) is 18.0 Å². The van der Waals surface area contributed by atoms with Crippen LogP contribution in [0.2, 0.25) is 0 Å². The standard InChI is InChI=1S/C17H18F3N5O/c1-24(7-4-12-10-22-23-11-12)15(26)5-8-25-14(17(18,19)20)9-13-3-2-6-21-16(13)25/h2-3,6,9-11H,4-5,7-8H2,1H3,(H,22,23). The number of aromatic amines is 1. The number of carbonyl (C=O) groups excluding carboxylic acids is 1. The number of aryl methyl sites for hydroxylation is 1. The first-order valence-electron chi connectivity index (χ1n) is 8.09. The number of pyridine rings is 1. The summed E-state index contributed by atoms with van der Waals surface area (Å²) in [6.45, 7) is 0.388. The molecule has 1 N–H and O–H groups in total. The van der Waals surface area contributed by atoms with Gasteiger partial charge in [-0.2, -0.15) is 18.3 Å². The minimum absolute atomic E-state index is 0.0364. The molecule has 3 rings (SSSR count). The molecule has 0 saturated heterocycles. The Morgan fingerprint density at radius 3 is 2.88 bits per heavy atom. The highest BCUT2D eigenvalue weighted by atomic mass is 19.4. The number of H-pyrrole nitrogens is 1. The number of carbonyl (C=O) groups is 1. The van der Waals surface area contributed by atoms with Crippen LogP contribution < -0.4 is 0 Å². The molecule has 0 unspecified atom stereocenters. The van der Waals surface area contributed by atoms with Crippen molar-refractivity contribution in [2.24, 2.45) is 0 Å². The number of nitrogens with one attached hydrogen (secondary N) is 1. The van der Waals surface area contributed by atoms with Crippen LogP contribution >= 0.6 is 0 Å². The molecule has 3 heterocycles. The minimum atomic E-state index is -4.50. The Bertz CT molecular complexity index is 886. The third kappa shape index (κ3) is 3.87. The summed E-state index contributed by atoms with van der Waals surface area (Å²) in [5.41, 5.74) is 0.401. The quantitative estimate of drug-likeness (QED) is 0.730. The number of alkyl halides is 3. The molecule has 0 fully saturated rings. The summed E-state index contributed by atoms with van der Waals surface area (Å²) in [4.78, 5) is 17.8. The van der Waals surface area contributed by atoms with Gasteiger partial charge in [0.2, 0.25) is 5.91 Å². The minimum Gasteiger partial charge on any atom is -0.345 e. The third-order valence-corrected chi connectivity index (χ3v) is 4.21. The van der Waals surface area contributed by atoms with E-state index in [0.717, 1.165) is 16.2 Å². The van der Waals surface area contributed by atoms with Gasteiger partial charge in [-0.15, -0.1) is 0 Å². The van der Waals surface area contributed by atoms with Crippen LogP contribution in [0.15, 0.2) is 36.8 Å². The van der Waals surface area contributed by atoms with Crippen LogP contribution in [-0.2, 0) is 23.9 Å². The summed E-state index contributed by atoms with van der Waals surface area (Å²) in [5, 5.41) is 6.93. The summed E-state index contributed by atoms with van der Waals surface area (Å²) in [5.74, 6) is -0.223. The zero-order chi connectivity index (χ0) is 18.7. The van der Waals surface area contributed by atoms with E-state index in [2.05, 4.69) is 15.2 Å². The third-order valence-electron chi connectivity index (χ3n) is 4.21. The molecule has 0 aliphatic carbocycles. The molecule has 9 heteroatoms. The first-order valence-corrected chi connectivity index (χ1v) is 8.09. The van der Waals surface area contributed by atoms with Crippen LogP contribution in [0.25, 0.3) is 11.0 Å². The second-order valence-corrected chi connectivity index (χ2v) is 6.02. The summed E-state index contributed by atoms with van der Waals surface area (Å²) < 4.78 is 41.0. The van der Waals surface area contributed by atoms with Crippen molar-refractivity contribution in [1.82, 2.24) is 24.6 Å². The number of hydrogen-bond acceptors (Lipinski definition) is 3. The normalized spacial score (nSPS) is 11.8. The Hall–Kier alpha value is -2.84. The Morgan fingerprint density at radius 2 is 2.19 bits per heavy atom. The largest absolute Gasteiger partial charge is 0.431 e. The summed E-state index contributed by atoms with van der Waals surface area (Å²) >= 11 is 0. The van der Waals surface area contributed by atoms with Crippen molar-refractivity contribution >= 4 is 16.9 Å². The van der Waals surface area contributed by atoms with E-state index in [4.69, 9.17) is 0 Å². The van der Waals surface area contributed by atoms with Crippen molar-refractivity contribution in [3.63, 3.8) is 0 Å². The number of amides is 1. The predicted molar refractivity (Wildman–Crippen MR) is 89.3 cm³/mol. The lowest BCUT2D eigenvalue weighted by Crippen LogP contribution is -2.30. The second-order valence-electron chi connectivity index (χ2n) is 6.02. The van der Waals surface area contributed by atoms with Gasteiger partial charge in [0.25, 0.3) is 0 Å². The molecule has 0 bridgehead atoms. The number of nitrogens with zero attached hydrogens (tertiary/aromatic N) is 4. The van der Waals surface area contributed by atoms with Crippen molar-refractivity contribution in [1.29, 1.82) is 0 Å². The van der Waals surface area contributed by atoms with Gasteiger partial charge in [-0.25, -0.2) is 4.98 Å². The van der Waals surface area contributed by atoms with Crippen LogP contribution in [0.5, 0.6) is 0 Å². The Balaban J connectivity index is 1.69. The average Bonchev–Trinajstić information content (AvgIpc) is 3.24. The van der Waals surface area contributed by atoms with Gasteiger partial charge in [0, 0.05) is 44.3 Å². The second kappa shape index (κ2) is 7.19. The summed E-state index contributed by atoms with van der Waals surface area (Å²) in [6, 6.07) is 4.23. The molecule has 26 heavy (non-hydrogen) atoms. The molecule has 138 valence electrons. The van der Waals surface area contributed by atoms with Crippen molar-refractivity contribution in [2.75, 3.05) is 13.6 Å². The first kappa shape index (κ1) is 18.0. The molecule has 0 aliphatic rings. The molecule has 0 aromatic carbocycles. The molecule has 0 aliphatic heterocycles. The lowest BCUT2D eigenvalue weighted by atomic mass is 10.2. The van der Waals surface area contributed by atoms with Crippen molar-refractivity contribution in [3.05, 3.63) is 48.0 Å². The zero-order valence-electron chi connectivity index (χ0n) is 14.1. The summed E-state index contributed by atoms with van der Waals surface area (Å²) in [6.07, 6.45) is 0.942. The van der Waals surface area contributed by atoms with E-state index >= 15 is 0 Å². The molecule has 3 aromatic heterocycles. The molecule has 0 radical (unpaired) electrons. The highest BCUT2D eigenvalue weighted by Gasteiger charge is 2.35. The first-order chi connectivity index (χ1) is 12.4. The lowest BCUT2D eigenvalue weighted by Gasteiger charge is -2.18. The van der Waals surface area contributed by atoms with Crippen LogP contribution in [0.4, 0.5) is 13.2 Å². The van der Waals surface area contributed by atoms with Crippen LogP contribution in [0.3, 0.4) is 0 Å². The van der Waals surface area contributed by atoms with E-state index < -0.39 is 11.9 Å². The number of hydrogen-bond donors (Lipinski definition) is 1. The molecular weight excluding hydrogens is 347 g/mol. The van der Waals surface area contributed by atoms with E-state index in [1.54, 1.807) is 31.6 Å². The van der Waals surface area contributed by atoms with Gasteiger partial charge in [0.15, 0.2) is 0 Å². The molecule has 1 amide bonds. The van der Waals surface area contributed by atoms with Gasteiger partial charge in [0.05, 0.1) is 6.20 Å². The highest BCUT2D eigenvalue weighted by molar-refractivity contribution is 5.79. The van der Waals surface area contributed by atoms with Gasteiger partial charge in [-0.1, -0.05) is 0 Å². The van der Waals surface area contributed by atoms with Gasteiger partial charge < -0.3 is 9.47 Å². The monoisotopic (exact) mass is 365 g/mol. The Labute approximate surface area is 147 Å². The van der Waals surface area contributed by atoms with Gasteiger partial charge >= 0.3 is 6.18 Å². The molecule has 0 saturated carbocycles. The van der Waals surface area contributed by atoms with Crippen molar-refractivity contribution < 1.29 is 18.0 Å². The SMILES string of the molecule is CN(CCc1cn[nH]c1)C(=O)CCn1c(C(F)(F)F)cc2cccnc21. The number of fused-ring (bicyclic) bond motifs is 1. The fraction of sp³-hybridized carbons (Fsp3) is 0.353. The van der Waals surface area contributed by atoms with E-state index in [1.165, 1.54) is 11.1 Å². The number of halogens is 3. The van der Waals surface area contributed by atoms with E-state index in [0.29, 0.717) is 18.4 Å². The van der Waals surface area contributed by atoms with E-state index in [-0.39, 0.29) is 24.5 Å². The highest BCUT2D eigenvalue weighted by Crippen LogP contribution is 2.33. The van der Waals surface area contributed by atoms with Crippen molar-refractivity contribution in [2.45, 2.75) is 25.6 Å². The summed E-state index contributed by atoms with van der Waals surface area (Å²) in [7, 11) is 1.64. The molecule has 0 atom stereocenters. The van der Waals surface area contributed by atoms with Gasteiger partial charge in [-0.05, 0) is 30.2 Å². The van der Waals surface area contributed by atoms with Crippen LogP contribution in [0, 0.1) is 0 Å². The van der Waals surface area contributed by atoms with Crippen molar-refractivity contribution in [3.8, 4) is 0 Å². The van der Waals surface area contributed by atoms with Crippen LogP contribution in [0.1, 0.15) is 17.7 Å². The Kier molecular flexibility index (Phi) is 4.97. The number of rotatable bonds is 6. The zero-order valence-corrected chi connectivity index (χ0v) is 14.1. The predicted octanol–water partition coefficient (Wildman–Crippen LogP) is 2.87. The van der Waals surface area contributed by atoms with Gasteiger partial charge in [-0.3, -0.25) is 9.89 Å². The maximum absolute atomic E-state index is 13.3. The number of aromatic nitrogens is 4. The molecular formula is C17H18F3N5O.